The number of aryl methyl sites for hydroxylation is 1. The van der Waals surface area contributed by atoms with Gasteiger partial charge >= 0.3 is 6.09 Å². The van der Waals surface area contributed by atoms with Gasteiger partial charge in [-0.3, -0.25) is 4.90 Å². The number of anilines is 1. The molecule has 19 heavy (non-hydrogen) atoms. The molecular weight excluding hydrogens is 306 g/mol. The SMILES string of the molecule is Cc1ccc(Br)c2c1N(C(=O)OC(C)(C)C)CCC2. The highest BCUT2D eigenvalue weighted by Gasteiger charge is 2.29. The predicted molar refractivity (Wildman–Crippen MR) is 80.8 cm³/mol. The minimum atomic E-state index is -0.464. The number of amides is 1. The number of rotatable bonds is 0. The van der Waals surface area contributed by atoms with Crippen molar-refractivity contribution in [3.8, 4) is 0 Å². The van der Waals surface area contributed by atoms with Crippen LogP contribution in [0.1, 0.15) is 38.3 Å². The molecule has 0 radical (unpaired) electrons. The Morgan fingerprint density at radius 1 is 1.37 bits per heavy atom. The van der Waals surface area contributed by atoms with Crippen molar-refractivity contribution in [2.45, 2.75) is 46.1 Å². The third kappa shape index (κ3) is 3.11. The lowest BCUT2D eigenvalue weighted by atomic mass is 9.98. The van der Waals surface area contributed by atoms with Crippen molar-refractivity contribution in [3.63, 3.8) is 0 Å². The Morgan fingerprint density at radius 3 is 2.68 bits per heavy atom. The average molecular weight is 326 g/mol. The second-order valence-electron chi connectivity index (χ2n) is 5.93. The first-order valence-corrected chi connectivity index (χ1v) is 7.37. The summed E-state index contributed by atoms with van der Waals surface area (Å²) in [5.41, 5.74) is 2.87. The Bertz CT molecular complexity index is 506. The Labute approximate surface area is 123 Å². The summed E-state index contributed by atoms with van der Waals surface area (Å²) in [5.74, 6) is 0. The van der Waals surface area contributed by atoms with Crippen LogP contribution in [-0.2, 0) is 11.2 Å². The van der Waals surface area contributed by atoms with Gasteiger partial charge in [0.25, 0.3) is 0 Å². The summed E-state index contributed by atoms with van der Waals surface area (Å²) in [6.45, 7) is 8.43. The molecule has 2 rings (SSSR count). The van der Waals surface area contributed by atoms with Crippen molar-refractivity contribution >= 4 is 27.7 Å². The van der Waals surface area contributed by atoms with E-state index < -0.39 is 5.60 Å². The summed E-state index contributed by atoms with van der Waals surface area (Å²) in [5, 5.41) is 0. The second-order valence-corrected chi connectivity index (χ2v) is 6.78. The van der Waals surface area contributed by atoms with E-state index in [9.17, 15) is 4.79 Å². The molecule has 104 valence electrons. The van der Waals surface area contributed by atoms with Crippen molar-refractivity contribution in [2.75, 3.05) is 11.4 Å². The predicted octanol–water partition coefficient (Wildman–Crippen LogP) is 4.45. The van der Waals surface area contributed by atoms with E-state index in [0.717, 1.165) is 35.1 Å². The molecule has 4 heteroatoms. The molecule has 0 saturated heterocycles. The number of nitrogens with zero attached hydrogens (tertiary/aromatic N) is 1. The molecule has 0 bridgehead atoms. The normalized spacial score (nSPS) is 15.1. The van der Waals surface area contributed by atoms with Gasteiger partial charge in [0.15, 0.2) is 0 Å². The van der Waals surface area contributed by atoms with Gasteiger partial charge in [-0.05, 0) is 57.7 Å². The van der Waals surface area contributed by atoms with Crippen LogP contribution in [0.4, 0.5) is 10.5 Å². The molecule has 1 aliphatic rings. The molecule has 0 aromatic heterocycles. The Balaban J connectivity index is 2.37. The van der Waals surface area contributed by atoms with Crippen LogP contribution in [0.3, 0.4) is 0 Å². The largest absolute Gasteiger partial charge is 0.443 e. The van der Waals surface area contributed by atoms with E-state index in [1.807, 2.05) is 39.8 Å². The molecule has 1 heterocycles. The Morgan fingerprint density at radius 2 is 2.05 bits per heavy atom. The van der Waals surface area contributed by atoms with Crippen molar-refractivity contribution in [2.24, 2.45) is 0 Å². The van der Waals surface area contributed by atoms with Crippen LogP contribution in [0.25, 0.3) is 0 Å². The first kappa shape index (κ1) is 14.4. The molecule has 0 aliphatic carbocycles. The molecule has 1 aromatic carbocycles. The highest BCUT2D eigenvalue weighted by molar-refractivity contribution is 9.10. The third-order valence-electron chi connectivity index (χ3n) is 3.12. The van der Waals surface area contributed by atoms with Crippen molar-refractivity contribution in [1.29, 1.82) is 0 Å². The number of hydrogen-bond donors (Lipinski definition) is 0. The molecule has 0 N–H and O–H groups in total. The van der Waals surface area contributed by atoms with Crippen LogP contribution in [0.15, 0.2) is 16.6 Å². The molecule has 0 atom stereocenters. The lowest BCUT2D eigenvalue weighted by molar-refractivity contribution is 0.0577. The van der Waals surface area contributed by atoms with Crippen LogP contribution in [0.2, 0.25) is 0 Å². The smallest absolute Gasteiger partial charge is 0.414 e. The summed E-state index contributed by atoms with van der Waals surface area (Å²) in [4.78, 5) is 14.1. The van der Waals surface area contributed by atoms with Gasteiger partial charge in [-0.25, -0.2) is 4.79 Å². The van der Waals surface area contributed by atoms with Gasteiger partial charge in [0, 0.05) is 11.0 Å². The standard InChI is InChI=1S/C15H20BrNO2/c1-10-7-8-12(16)11-6-5-9-17(13(10)11)14(18)19-15(2,3)4/h7-8H,5-6,9H2,1-4H3. The van der Waals surface area contributed by atoms with Gasteiger partial charge in [0.05, 0.1) is 5.69 Å². The van der Waals surface area contributed by atoms with Gasteiger partial charge in [-0.15, -0.1) is 0 Å². The average Bonchev–Trinajstić information content (AvgIpc) is 2.31. The summed E-state index contributed by atoms with van der Waals surface area (Å²) >= 11 is 3.58. The molecular formula is C15H20BrNO2. The van der Waals surface area contributed by atoms with Crippen LogP contribution in [-0.4, -0.2) is 18.2 Å². The fourth-order valence-electron chi connectivity index (χ4n) is 2.37. The van der Waals surface area contributed by atoms with E-state index in [4.69, 9.17) is 4.74 Å². The minimum Gasteiger partial charge on any atom is -0.443 e. The van der Waals surface area contributed by atoms with Gasteiger partial charge in [-0.1, -0.05) is 22.0 Å². The molecule has 0 unspecified atom stereocenters. The second kappa shape index (κ2) is 5.16. The lowest BCUT2D eigenvalue weighted by Crippen LogP contribution is -2.40. The highest BCUT2D eigenvalue weighted by Crippen LogP contribution is 2.36. The lowest BCUT2D eigenvalue weighted by Gasteiger charge is -2.33. The zero-order valence-electron chi connectivity index (χ0n) is 11.9. The van der Waals surface area contributed by atoms with Crippen LogP contribution in [0, 0.1) is 6.92 Å². The number of ether oxygens (including phenoxy) is 1. The first-order valence-electron chi connectivity index (χ1n) is 6.58. The third-order valence-corrected chi connectivity index (χ3v) is 3.86. The number of carbonyl (C=O) groups is 1. The van der Waals surface area contributed by atoms with Gasteiger partial charge in [-0.2, -0.15) is 0 Å². The molecule has 3 nitrogen and oxygen atoms in total. The highest BCUT2D eigenvalue weighted by atomic mass is 79.9. The molecule has 1 aliphatic heterocycles. The topological polar surface area (TPSA) is 29.5 Å². The first-order chi connectivity index (χ1) is 8.79. The monoisotopic (exact) mass is 325 g/mol. The molecule has 1 aromatic rings. The maximum Gasteiger partial charge on any atom is 0.414 e. The maximum atomic E-state index is 12.3. The van der Waals surface area contributed by atoms with E-state index in [0.29, 0.717) is 0 Å². The summed E-state index contributed by atoms with van der Waals surface area (Å²) in [6, 6.07) is 4.08. The zero-order valence-corrected chi connectivity index (χ0v) is 13.5. The van der Waals surface area contributed by atoms with Crippen molar-refractivity contribution in [1.82, 2.24) is 0 Å². The van der Waals surface area contributed by atoms with Gasteiger partial charge in [0.1, 0.15) is 5.60 Å². The van der Waals surface area contributed by atoms with E-state index in [-0.39, 0.29) is 6.09 Å². The number of fused-ring (bicyclic) bond motifs is 1. The van der Waals surface area contributed by atoms with E-state index >= 15 is 0 Å². The number of halogens is 1. The molecule has 0 spiro atoms. The Kier molecular flexibility index (Phi) is 3.90. The molecule has 0 fully saturated rings. The van der Waals surface area contributed by atoms with Crippen LogP contribution >= 0.6 is 15.9 Å². The number of hydrogen-bond acceptors (Lipinski definition) is 2. The minimum absolute atomic E-state index is 0.255. The van der Waals surface area contributed by atoms with Crippen molar-refractivity contribution < 1.29 is 9.53 Å². The van der Waals surface area contributed by atoms with Crippen molar-refractivity contribution in [3.05, 3.63) is 27.7 Å². The summed E-state index contributed by atoms with van der Waals surface area (Å²) < 4.78 is 6.57. The van der Waals surface area contributed by atoms with E-state index in [2.05, 4.69) is 15.9 Å². The fourth-order valence-corrected chi connectivity index (χ4v) is 2.89. The summed E-state index contributed by atoms with van der Waals surface area (Å²) in [7, 11) is 0. The van der Waals surface area contributed by atoms with E-state index in [1.165, 1.54) is 5.56 Å². The number of carbonyl (C=O) groups excluding carboxylic acids is 1. The van der Waals surface area contributed by atoms with Crippen LogP contribution in [0.5, 0.6) is 0 Å². The van der Waals surface area contributed by atoms with Crippen LogP contribution < -0.4 is 4.90 Å². The summed E-state index contributed by atoms with van der Waals surface area (Å²) in [6.07, 6.45) is 1.71. The quantitative estimate of drug-likeness (QED) is 0.705. The fraction of sp³-hybridized carbons (Fsp3) is 0.533. The van der Waals surface area contributed by atoms with E-state index in [1.54, 1.807) is 4.90 Å². The molecule has 1 amide bonds. The maximum absolute atomic E-state index is 12.3. The Hall–Kier alpha value is -1.03. The number of benzene rings is 1. The molecule has 0 saturated carbocycles. The zero-order chi connectivity index (χ0) is 14.2. The van der Waals surface area contributed by atoms with Gasteiger partial charge < -0.3 is 4.74 Å². The van der Waals surface area contributed by atoms with Gasteiger partial charge in [0.2, 0.25) is 0 Å².